The highest BCUT2D eigenvalue weighted by molar-refractivity contribution is 8.00. The van der Waals surface area contributed by atoms with Gasteiger partial charge in [0.25, 0.3) is 0 Å². The number of para-hydroxylation sites is 1. The minimum absolute atomic E-state index is 0.123. The van der Waals surface area contributed by atoms with Crippen LogP contribution in [-0.2, 0) is 11.8 Å². The fourth-order valence-corrected chi connectivity index (χ4v) is 4.06. The van der Waals surface area contributed by atoms with Gasteiger partial charge in [-0.25, -0.2) is 4.98 Å². The molecule has 1 unspecified atom stereocenters. The molecule has 1 N–H and O–H groups in total. The van der Waals surface area contributed by atoms with Crippen LogP contribution in [-0.4, -0.2) is 30.9 Å². The van der Waals surface area contributed by atoms with Crippen LogP contribution in [0.5, 0.6) is 0 Å². The van der Waals surface area contributed by atoms with Crippen LogP contribution < -0.4 is 5.32 Å². The van der Waals surface area contributed by atoms with E-state index in [4.69, 9.17) is 4.42 Å². The van der Waals surface area contributed by atoms with Crippen LogP contribution >= 0.6 is 23.1 Å². The molecule has 0 aliphatic heterocycles. The number of rotatable bonds is 5. The number of nitrogens with zero attached hydrogens (tertiary/aromatic N) is 4. The van der Waals surface area contributed by atoms with Crippen molar-refractivity contribution in [1.29, 1.82) is 0 Å². The van der Waals surface area contributed by atoms with Crippen molar-refractivity contribution in [1.82, 2.24) is 19.7 Å². The predicted molar refractivity (Wildman–Crippen MR) is 107 cm³/mol. The maximum Gasteiger partial charge on any atom is 0.239 e. The van der Waals surface area contributed by atoms with Gasteiger partial charge in [-0.15, -0.1) is 21.5 Å². The van der Waals surface area contributed by atoms with E-state index in [1.165, 1.54) is 23.1 Å². The van der Waals surface area contributed by atoms with Gasteiger partial charge in [0.05, 0.1) is 10.9 Å². The highest BCUT2D eigenvalue weighted by atomic mass is 32.2. The average molecular weight is 400 g/mol. The Morgan fingerprint density at radius 2 is 2.15 bits per heavy atom. The lowest BCUT2D eigenvalue weighted by Gasteiger charge is -2.09. The van der Waals surface area contributed by atoms with E-state index < -0.39 is 0 Å². The van der Waals surface area contributed by atoms with Crippen molar-refractivity contribution in [2.75, 3.05) is 5.32 Å². The molecule has 0 bridgehead atoms. The molecule has 0 spiro atoms. The van der Waals surface area contributed by atoms with Gasteiger partial charge in [-0.2, -0.15) is 0 Å². The fourth-order valence-electron chi connectivity index (χ4n) is 2.55. The first-order valence-electron chi connectivity index (χ1n) is 8.29. The molecule has 27 heavy (non-hydrogen) atoms. The van der Waals surface area contributed by atoms with Gasteiger partial charge < -0.3 is 14.3 Å². The number of aryl methyl sites for hydroxylation is 1. The largest absolute Gasteiger partial charge is 0.453 e. The lowest BCUT2D eigenvalue weighted by atomic mass is 10.2. The summed E-state index contributed by atoms with van der Waals surface area (Å²) in [5, 5.41) is 15.1. The summed E-state index contributed by atoms with van der Waals surface area (Å²) >= 11 is 2.75. The number of carbonyl (C=O) groups is 1. The van der Waals surface area contributed by atoms with Crippen molar-refractivity contribution < 1.29 is 9.21 Å². The zero-order valence-corrected chi connectivity index (χ0v) is 16.6. The van der Waals surface area contributed by atoms with Crippen molar-refractivity contribution >= 4 is 45.1 Å². The van der Waals surface area contributed by atoms with E-state index in [-0.39, 0.29) is 11.2 Å². The van der Waals surface area contributed by atoms with Gasteiger partial charge in [0, 0.05) is 17.8 Å². The van der Waals surface area contributed by atoms with Gasteiger partial charge in [0.1, 0.15) is 5.58 Å². The van der Waals surface area contributed by atoms with Crippen molar-refractivity contribution in [3.63, 3.8) is 0 Å². The van der Waals surface area contributed by atoms with E-state index in [1.54, 1.807) is 0 Å². The summed E-state index contributed by atoms with van der Waals surface area (Å²) in [6.45, 7) is 3.72. The van der Waals surface area contributed by atoms with E-state index in [0.29, 0.717) is 21.9 Å². The molecule has 1 aromatic carbocycles. The first kappa shape index (κ1) is 17.7. The lowest BCUT2D eigenvalue weighted by Crippen LogP contribution is -2.22. The molecule has 0 saturated carbocycles. The number of benzene rings is 1. The molecule has 7 nitrogen and oxygen atoms in total. The third-order valence-corrected chi connectivity index (χ3v) is 5.99. The number of furan rings is 1. The first-order valence-corrected chi connectivity index (χ1v) is 10.0. The van der Waals surface area contributed by atoms with Crippen LogP contribution in [0.1, 0.15) is 12.6 Å². The second-order valence-corrected chi connectivity index (χ2v) is 8.22. The number of hydrogen-bond acceptors (Lipinski definition) is 7. The molecule has 4 aromatic rings. The first-order chi connectivity index (χ1) is 13.0. The maximum atomic E-state index is 12.4. The van der Waals surface area contributed by atoms with Gasteiger partial charge in [0.15, 0.2) is 21.9 Å². The van der Waals surface area contributed by atoms with Crippen LogP contribution in [0.3, 0.4) is 0 Å². The molecule has 3 aromatic heterocycles. The Morgan fingerprint density at radius 3 is 2.89 bits per heavy atom. The summed E-state index contributed by atoms with van der Waals surface area (Å²) < 4.78 is 7.70. The third kappa shape index (κ3) is 3.60. The molecule has 9 heteroatoms. The van der Waals surface area contributed by atoms with Crippen LogP contribution in [0.15, 0.2) is 45.3 Å². The smallest absolute Gasteiger partial charge is 0.239 e. The number of carbonyl (C=O) groups excluding carboxylic acids is 1. The van der Waals surface area contributed by atoms with Crippen molar-refractivity contribution in [3.05, 3.63) is 41.4 Å². The molecule has 3 heterocycles. The predicted octanol–water partition coefficient (Wildman–Crippen LogP) is 4.11. The Hall–Kier alpha value is -2.65. The van der Waals surface area contributed by atoms with E-state index in [2.05, 4.69) is 20.5 Å². The highest BCUT2D eigenvalue weighted by Crippen LogP contribution is 2.30. The molecule has 0 fully saturated rings. The molecule has 0 aliphatic carbocycles. The number of amides is 1. The SMILES string of the molecule is Cc1csc(NC(=O)C(C)Sc2nnc(-c3cc4ccccc4o3)n2C)n1. The summed E-state index contributed by atoms with van der Waals surface area (Å²) in [5.41, 5.74) is 1.69. The second-order valence-electron chi connectivity index (χ2n) is 6.06. The normalized spacial score (nSPS) is 12.4. The van der Waals surface area contributed by atoms with Crippen molar-refractivity contribution in [2.24, 2.45) is 7.05 Å². The van der Waals surface area contributed by atoms with Gasteiger partial charge in [-0.3, -0.25) is 4.79 Å². The zero-order chi connectivity index (χ0) is 19.0. The van der Waals surface area contributed by atoms with E-state index in [1.807, 2.05) is 61.2 Å². The number of nitrogens with one attached hydrogen (secondary N) is 1. The van der Waals surface area contributed by atoms with Gasteiger partial charge in [-0.1, -0.05) is 30.0 Å². The zero-order valence-electron chi connectivity index (χ0n) is 15.0. The number of anilines is 1. The summed E-state index contributed by atoms with van der Waals surface area (Å²) in [4.78, 5) is 16.6. The molecule has 1 atom stereocenters. The Kier molecular flexibility index (Phi) is 4.71. The Labute approximate surface area is 163 Å². The molecular weight excluding hydrogens is 382 g/mol. The van der Waals surface area contributed by atoms with Gasteiger partial charge in [0.2, 0.25) is 5.91 Å². The minimum atomic E-state index is -0.347. The summed E-state index contributed by atoms with van der Waals surface area (Å²) in [7, 11) is 1.86. The summed E-state index contributed by atoms with van der Waals surface area (Å²) in [6.07, 6.45) is 0. The molecule has 0 radical (unpaired) electrons. The van der Waals surface area contributed by atoms with Crippen LogP contribution in [0.2, 0.25) is 0 Å². The number of aromatic nitrogens is 4. The number of hydrogen-bond donors (Lipinski definition) is 1. The van der Waals surface area contributed by atoms with Crippen LogP contribution in [0.4, 0.5) is 5.13 Å². The Morgan fingerprint density at radius 1 is 1.33 bits per heavy atom. The van der Waals surface area contributed by atoms with Crippen LogP contribution in [0.25, 0.3) is 22.6 Å². The molecule has 0 saturated heterocycles. The fraction of sp³-hybridized carbons (Fsp3) is 0.222. The molecule has 1 amide bonds. The Bertz CT molecular complexity index is 1080. The maximum absolute atomic E-state index is 12.4. The standard InChI is InChI=1S/C18H17N5O2S2/c1-10-9-26-17(19-10)20-16(24)11(2)27-18-22-21-15(23(18)3)14-8-12-6-4-5-7-13(12)25-14/h4-9,11H,1-3H3,(H,19,20,24). The monoisotopic (exact) mass is 399 g/mol. The molecule has 4 rings (SSSR count). The highest BCUT2D eigenvalue weighted by Gasteiger charge is 2.21. The lowest BCUT2D eigenvalue weighted by molar-refractivity contribution is -0.115. The van der Waals surface area contributed by atoms with Gasteiger partial charge >= 0.3 is 0 Å². The van der Waals surface area contributed by atoms with Crippen LogP contribution in [0, 0.1) is 6.92 Å². The quantitative estimate of drug-likeness (QED) is 0.508. The molecule has 0 aliphatic rings. The van der Waals surface area contributed by atoms with E-state index in [0.717, 1.165) is 16.7 Å². The molecular formula is C18H17N5O2S2. The average Bonchev–Trinajstić information content (AvgIpc) is 3.34. The topological polar surface area (TPSA) is 85.8 Å². The van der Waals surface area contributed by atoms with Crippen molar-refractivity contribution in [3.8, 4) is 11.6 Å². The number of fused-ring (bicyclic) bond motifs is 1. The summed E-state index contributed by atoms with van der Waals surface area (Å²) in [5.74, 6) is 1.15. The number of thioether (sulfide) groups is 1. The third-order valence-electron chi connectivity index (χ3n) is 3.98. The van der Waals surface area contributed by atoms with E-state index in [9.17, 15) is 4.79 Å². The molecule has 138 valence electrons. The summed E-state index contributed by atoms with van der Waals surface area (Å²) in [6, 6.07) is 9.73. The van der Waals surface area contributed by atoms with E-state index >= 15 is 0 Å². The second kappa shape index (κ2) is 7.16. The number of thiazole rings is 1. The van der Waals surface area contributed by atoms with Crippen molar-refractivity contribution in [2.45, 2.75) is 24.3 Å². The Balaban J connectivity index is 1.50. The minimum Gasteiger partial charge on any atom is -0.453 e. The van der Waals surface area contributed by atoms with Gasteiger partial charge in [-0.05, 0) is 26.0 Å².